The monoisotopic (exact) mass is 375 g/mol. The fraction of sp³-hybridized carbons (Fsp3) is 0. The molecule has 4 nitrogen and oxygen atoms in total. The Bertz CT molecular complexity index is 952. The molecule has 0 aliphatic carbocycles. The average molecular weight is 375 g/mol. The van der Waals surface area contributed by atoms with Gasteiger partial charge in [-0.25, -0.2) is 4.79 Å². The molecule has 0 aromatic heterocycles. The molecule has 5 heteroatoms. The summed E-state index contributed by atoms with van der Waals surface area (Å²) in [6, 6.07) is 26.0. The molecule has 0 atom stereocenters. The smallest absolute Gasteiger partial charge is 0.352 e. The van der Waals surface area contributed by atoms with Gasteiger partial charge in [0, 0.05) is 15.4 Å². The second kappa shape index (κ2) is 8.87. The lowest BCUT2D eigenvalue weighted by molar-refractivity contribution is -0.132. The third-order valence-electron chi connectivity index (χ3n) is 3.68. The lowest BCUT2D eigenvalue weighted by Crippen LogP contribution is -2.27. The molecule has 134 valence electrons. The molecule has 3 rings (SSSR count). The average Bonchev–Trinajstić information content (AvgIpc) is 2.70. The molecule has 0 bridgehead atoms. The summed E-state index contributed by atoms with van der Waals surface area (Å²) in [5.74, 6) is -1.65. The first kappa shape index (κ1) is 18.5. The van der Waals surface area contributed by atoms with Crippen LogP contribution in [0.1, 0.15) is 15.9 Å². The topological polar surface area (TPSA) is 66.4 Å². The van der Waals surface area contributed by atoms with E-state index in [-0.39, 0.29) is 5.70 Å². The Morgan fingerprint density at radius 1 is 0.778 bits per heavy atom. The van der Waals surface area contributed by atoms with Crippen LogP contribution in [-0.2, 0) is 4.79 Å². The quantitative estimate of drug-likeness (QED) is 0.613. The maximum absolute atomic E-state index is 12.2. The number of amides is 1. The Balaban J connectivity index is 1.74. The highest BCUT2D eigenvalue weighted by molar-refractivity contribution is 7.99. The first-order chi connectivity index (χ1) is 13.1. The molecule has 1 amide bonds. The Morgan fingerprint density at radius 3 is 1.93 bits per heavy atom. The molecule has 0 unspecified atom stereocenters. The minimum absolute atomic E-state index is 0.174. The highest BCUT2D eigenvalue weighted by Gasteiger charge is 2.13. The number of nitrogens with one attached hydrogen (secondary N) is 1. The highest BCUT2D eigenvalue weighted by atomic mass is 32.2. The van der Waals surface area contributed by atoms with Gasteiger partial charge in [-0.3, -0.25) is 4.79 Å². The van der Waals surface area contributed by atoms with Gasteiger partial charge in [0.2, 0.25) is 0 Å². The standard InChI is InChI=1S/C22H17NO3S/c24-21(17-7-3-1-4-8-17)23-20(22(25)26)15-16-11-13-19(14-12-16)27-18-9-5-2-6-10-18/h1-15H,(H,23,24)(H,25,26). The van der Waals surface area contributed by atoms with Gasteiger partial charge in [-0.15, -0.1) is 0 Å². The van der Waals surface area contributed by atoms with Gasteiger partial charge in [0.1, 0.15) is 5.70 Å². The molecule has 0 fully saturated rings. The van der Waals surface area contributed by atoms with E-state index in [1.54, 1.807) is 42.1 Å². The zero-order valence-corrected chi connectivity index (χ0v) is 15.1. The molecule has 0 heterocycles. The van der Waals surface area contributed by atoms with Gasteiger partial charge in [0.15, 0.2) is 0 Å². The summed E-state index contributed by atoms with van der Waals surface area (Å²) in [5, 5.41) is 11.8. The molecule has 27 heavy (non-hydrogen) atoms. The maximum atomic E-state index is 12.2. The van der Waals surface area contributed by atoms with E-state index < -0.39 is 11.9 Å². The number of carbonyl (C=O) groups is 2. The van der Waals surface area contributed by atoms with Crippen LogP contribution in [0.4, 0.5) is 0 Å². The molecule has 0 saturated heterocycles. The Labute approximate surface area is 161 Å². The summed E-state index contributed by atoms with van der Waals surface area (Å²) >= 11 is 1.62. The van der Waals surface area contributed by atoms with E-state index in [1.165, 1.54) is 6.08 Å². The number of aliphatic carboxylic acids is 1. The van der Waals surface area contributed by atoms with Crippen LogP contribution in [0.25, 0.3) is 6.08 Å². The molecule has 2 N–H and O–H groups in total. The predicted molar refractivity (Wildman–Crippen MR) is 107 cm³/mol. The molecule has 3 aromatic carbocycles. The van der Waals surface area contributed by atoms with Gasteiger partial charge in [-0.05, 0) is 48.0 Å². The van der Waals surface area contributed by atoms with Crippen molar-refractivity contribution in [3.63, 3.8) is 0 Å². The van der Waals surface area contributed by atoms with Crippen molar-refractivity contribution in [3.05, 3.63) is 102 Å². The van der Waals surface area contributed by atoms with Gasteiger partial charge in [0.25, 0.3) is 5.91 Å². The lowest BCUT2D eigenvalue weighted by Gasteiger charge is -2.07. The number of carbonyl (C=O) groups excluding carboxylic acids is 1. The molecular weight excluding hydrogens is 358 g/mol. The third kappa shape index (κ3) is 5.33. The van der Waals surface area contributed by atoms with Crippen LogP contribution in [0.15, 0.2) is 100 Å². The normalized spacial score (nSPS) is 11.0. The van der Waals surface area contributed by atoms with Crippen LogP contribution in [0.5, 0.6) is 0 Å². The molecule has 0 aliphatic rings. The van der Waals surface area contributed by atoms with Crippen LogP contribution >= 0.6 is 11.8 Å². The second-order valence-electron chi connectivity index (χ2n) is 5.67. The van der Waals surface area contributed by atoms with Crippen LogP contribution in [0.2, 0.25) is 0 Å². The number of carboxylic acids is 1. The summed E-state index contributed by atoms with van der Waals surface area (Å²) in [4.78, 5) is 25.9. The molecule has 0 spiro atoms. The van der Waals surface area contributed by atoms with Crippen molar-refractivity contribution < 1.29 is 14.7 Å². The fourth-order valence-corrected chi connectivity index (χ4v) is 3.20. The Kier molecular flexibility index (Phi) is 6.07. The Hall–Kier alpha value is -3.31. The zero-order chi connectivity index (χ0) is 19.1. The number of carboxylic acid groups (broad SMARTS) is 1. The van der Waals surface area contributed by atoms with Crippen molar-refractivity contribution in [1.29, 1.82) is 0 Å². The van der Waals surface area contributed by atoms with Crippen LogP contribution in [0.3, 0.4) is 0 Å². The lowest BCUT2D eigenvalue weighted by atomic mass is 10.1. The zero-order valence-electron chi connectivity index (χ0n) is 14.3. The van der Waals surface area contributed by atoms with Crippen molar-refractivity contribution in [2.24, 2.45) is 0 Å². The second-order valence-corrected chi connectivity index (χ2v) is 6.81. The van der Waals surface area contributed by atoms with Crippen molar-refractivity contribution in [2.75, 3.05) is 0 Å². The number of hydrogen-bond acceptors (Lipinski definition) is 3. The van der Waals surface area contributed by atoms with E-state index in [0.29, 0.717) is 11.1 Å². The number of benzene rings is 3. The largest absolute Gasteiger partial charge is 0.477 e. The minimum Gasteiger partial charge on any atom is -0.477 e. The summed E-state index contributed by atoms with van der Waals surface area (Å²) < 4.78 is 0. The molecular formula is C22H17NO3S. The number of hydrogen-bond donors (Lipinski definition) is 2. The van der Waals surface area contributed by atoms with Gasteiger partial charge in [0.05, 0.1) is 0 Å². The van der Waals surface area contributed by atoms with Crippen molar-refractivity contribution >= 4 is 29.7 Å². The van der Waals surface area contributed by atoms with Crippen molar-refractivity contribution in [1.82, 2.24) is 5.32 Å². The van der Waals surface area contributed by atoms with Crippen molar-refractivity contribution in [2.45, 2.75) is 9.79 Å². The SMILES string of the molecule is O=C(O)C(=Cc1ccc(Sc2ccccc2)cc1)NC(=O)c1ccccc1. The molecule has 3 aromatic rings. The maximum Gasteiger partial charge on any atom is 0.352 e. The highest BCUT2D eigenvalue weighted by Crippen LogP contribution is 2.27. The van der Waals surface area contributed by atoms with Crippen molar-refractivity contribution in [3.8, 4) is 0 Å². The van der Waals surface area contributed by atoms with Gasteiger partial charge in [-0.2, -0.15) is 0 Å². The van der Waals surface area contributed by atoms with E-state index in [0.717, 1.165) is 9.79 Å². The fourth-order valence-electron chi connectivity index (χ4n) is 2.36. The van der Waals surface area contributed by atoms with E-state index in [4.69, 9.17) is 0 Å². The minimum atomic E-state index is -1.19. The van der Waals surface area contributed by atoms with E-state index in [1.807, 2.05) is 54.6 Å². The summed E-state index contributed by atoms with van der Waals surface area (Å²) in [6.45, 7) is 0. The van der Waals surface area contributed by atoms with Crippen LogP contribution in [0, 0.1) is 0 Å². The molecule has 0 saturated carbocycles. The van der Waals surface area contributed by atoms with Gasteiger partial charge in [-0.1, -0.05) is 60.3 Å². The van der Waals surface area contributed by atoms with Crippen LogP contribution < -0.4 is 5.32 Å². The first-order valence-electron chi connectivity index (χ1n) is 8.26. The summed E-state index contributed by atoms with van der Waals surface area (Å²) in [5.41, 5.74) is 0.921. The summed E-state index contributed by atoms with van der Waals surface area (Å²) in [7, 11) is 0. The summed E-state index contributed by atoms with van der Waals surface area (Å²) in [6.07, 6.45) is 1.44. The number of rotatable bonds is 6. The van der Waals surface area contributed by atoms with E-state index in [2.05, 4.69) is 5.32 Å². The van der Waals surface area contributed by atoms with Gasteiger partial charge < -0.3 is 10.4 Å². The molecule has 0 radical (unpaired) electrons. The van der Waals surface area contributed by atoms with Crippen LogP contribution in [-0.4, -0.2) is 17.0 Å². The van der Waals surface area contributed by atoms with Gasteiger partial charge >= 0.3 is 5.97 Å². The van der Waals surface area contributed by atoms with E-state index in [9.17, 15) is 14.7 Å². The first-order valence-corrected chi connectivity index (χ1v) is 9.08. The van der Waals surface area contributed by atoms with E-state index >= 15 is 0 Å². The Morgan fingerprint density at radius 2 is 1.33 bits per heavy atom. The third-order valence-corrected chi connectivity index (χ3v) is 4.70. The predicted octanol–water partition coefficient (Wildman–Crippen LogP) is 4.69. The molecule has 0 aliphatic heterocycles.